The molecule has 0 radical (unpaired) electrons. The van der Waals surface area contributed by atoms with Gasteiger partial charge in [-0.1, -0.05) is 194 Å². The van der Waals surface area contributed by atoms with E-state index in [0.29, 0.717) is 0 Å². The number of rotatable bonds is 8. The van der Waals surface area contributed by atoms with Crippen LogP contribution in [0.25, 0.3) is 122 Å². The van der Waals surface area contributed by atoms with Gasteiger partial charge in [-0.15, -0.1) is 0 Å². The van der Waals surface area contributed by atoms with Gasteiger partial charge in [0, 0.05) is 32.9 Å². The molecule has 0 fully saturated rings. The fourth-order valence-corrected chi connectivity index (χ4v) is 10.6. The Morgan fingerprint density at radius 3 is 0.956 bits per heavy atom. The van der Waals surface area contributed by atoms with E-state index in [1.807, 2.05) is 0 Å². The molecule has 0 aliphatic rings. The normalized spacial score (nSPS) is 11.5. The van der Waals surface area contributed by atoms with Crippen LogP contribution in [-0.4, -0.2) is 9.13 Å². The van der Waals surface area contributed by atoms with Crippen molar-refractivity contribution in [3.63, 3.8) is 0 Å². The number of aromatic nitrogens is 2. The fraction of sp³-hybridized carbons (Fsp3) is 0. The first-order chi connectivity index (χ1) is 33.7. The Kier molecular flexibility index (Phi) is 9.54. The number of fused-ring (bicyclic) bond motifs is 6. The average Bonchev–Trinajstić information content (AvgIpc) is 3.95. The van der Waals surface area contributed by atoms with Gasteiger partial charge in [0.25, 0.3) is 0 Å². The summed E-state index contributed by atoms with van der Waals surface area (Å²) in [5, 5.41) is 4.93. The maximum Gasteiger partial charge on any atom is 0.0547 e. The van der Waals surface area contributed by atoms with E-state index < -0.39 is 0 Å². The summed E-state index contributed by atoms with van der Waals surface area (Å²) in [4.78, 5) is 0. The van der Waals surface area contributed by atoms with Gasteiger partial charge < -0.3 is 9.13 Å². The fourth-order valence-electron chi connectivity index (χ4n) is 10.6. The second-order valence-corrected chi connectivity index (χ2v) is 17.7. The lowest BCUT2D eigenvalue weighted by atomic mass is 9.89. The molecule has 2 heterocycles. The summed E-state index contributed by atoms with van der Waals surface area (Å²) >= 11 is 0. The van der Waals surface area contributed by atoms with Crippen LogP contribution in [0.2, 0.25) is 0 Å². The molecule has 13 rings (SSSR count). The lowest BCUT2D eigenvalue weighted by Crippen LogP contribution is -1.94. The van der Waals surface area contributed by atoms with Crippen LogP contribution in [-0.2, 0) is 0 Å². The molecule has 13 aromatic rings. The van der Waals surface area contributed by atoms with Crippen LogP contribution >= 0.6 is 0 Å². The number of para-hydroxylation sites is 2. The molecule has 2 nitrogen and oxygen atoms in total. The van der Waals surface area contributed by atoms with Gasteiger partial charge in [0.1, 0.15) is 0 Å². The minimum Gasteiger partial charge on any atom is -0.309 e. The summed E-state index contributed by atoms with van der Waals surface area (Å²) in [6, 6.07) is 97.6. The summed E-state index contributed by atoms with van der Waals surface area (Å²) in [6.45, 7) is 0. The molecule has 0 spiro atoms. The van der Waals surface area contributed by atoms with E-state index in [-0.39, 0.29) is 0 Å². The van der Waals surface area contributed by atoms with Crippen molar-refractivity contribution >= 4 is 43.6 Å². The van der Waals surface area contributed by atoms with Crippen LogP contribution in [0.4, 0.5) is 0 Å². The van der Waals surface area contributed by atoms with Crippen molar-refractivity contribution in [3.8, 4) is 78.1 Å². The van der Waals surface area contributed by atoms with Gasteiger partial charge in [-0.3, -0.25) is 0 Å². The molecule has 2 aromatic heterocycles. The van der Waals surface area contributed by atoms with Gasteiger partial charge >= 0.3 is 0 Å². The highest BCUT2D eigenvalue weighted by atomic mass is 15.0. The zero-order chi connectivity index (χ0) is 45.0. The SMILES string of the molecule is c1ccc(-c2cccc(-c3cc(-c4cccc5c4c4ccccc4n5-c4cccc(-c5ccccc5)c4)cc(-c4cccc5c4c4ccccc4n5-c4cccc(-c5ccccc5)c4)c3)c2)cc1. The van der Waals surface area contributed by atoms with Crippen LogP contribution < -0.4 is 0 Å². The Labute approximate surface area is 395 Å². The standard InChI is InChI=1S/C66H44N2/c1-4-19-45(20-5-1)48-25-14-26-49(39-48)52-40-53(57-33-17-37-63-65(57)59-31-10-12-35-61(59)67(63)55-29-15-27-50(43-55)46-21-6-2-7-22-46)42-54(41-52)58-34-18-38-64-66(58)60-32-11-13-36-62(60)68(64)56-30-16-28-51(44-56)47-23-8-3-9-24-47/h1-44H. The van der Waals surface area contributed by atoms with Gasteiger partial charge in [-0.05, 0) is 140 Å². The number of hydrogen-bond donors (Lipinski definition) is 0. The van der Waals surface area contributed by atoms with Crippen LogP contribution in [0.5, 0.6) is 0 Å². The Morgan fingerprint density at radius 2 is 0.500 bits per heavy atom. The first-order valence-electron chi connectivity index (χ1n) is 23.4. The van der Waals surface area contributed by atoms with Gasteiger partial charge in [-0.25, -0.2) is 0 Å². The lowest BCUT2D eigenvalue weighted by molar-refractivity contribution is 1.18. The number of hydrogen-bond acceptors (Lipinski definition) is 0. The van der Waals surface area contributed by atoms with Crippen molar-refractivity contribution in [2.45, 2.75) is 0 Å². The number of benzene rings is 11. The highest BCUT2D eigenvalue weighted by molar-refractivity contribution is 6.18. The van der Waals surface area contributed by atoms with Crippen molar-refractivity contribution in [2.75, 3.05) is 0 Å². The van der Waals surface area contributed by atoms with E-state index in [2.05, 4.69) is 276 Å². The third kappa shape index (κ3) is 6.73. The Morgan fingerprint density at radius 1 is 0.191 bits per heavy atom. The zero-order valence-electron chi connectivity index (χ0n) is 37.3. The topological polar surface area (TPSA) is 9.86 Å². The van der Waals surface area contributed by atoms with Gasteiger partial charge in [0.2, 0.25) is 0 Å². The summed E-state index contributed by atoms with van der Waals surface area (Å²) in [6.07, 6.45) is 0. The maximum atomic E-state index is 2.44. The molecule has 0 aliphatic heterocycles. The molecule has 0 amide bonds. The minimum absolute atomic E-state index is 1.14. The molecule has 0 bridgehead atoms. The molecule has 0 aliphatic carbocycles. The third-order valence-electron chi connectivity index (χ3n) is 13.7. The van der Waals surface area contributed by atoms with Crippen molar-refractivity contribution < 1.29 is 0 Å². The molecular formula is C66H44N2. The quantitative estimate of drug-likeness (QED) is 0.144. The highest BCUT2D eigenvalue weighted by Crippen LogP contribution is 2.45. The predicted octanol–water partition coefficient (Wildman–Crippen LogP) is 17.9. The molecule has 68 heavy (non-hydrogen) atoms. The summed E-state index contributed by atoms with van der Waals surface area (Å²) in [7, 11) is 0. The Balaban J connectivity index is 1.05. The maximum absolute atomic E-state index is 2.44. The smallest absolute Gasteiger partial charge is 0.0547 e. The molecule has 2 heteroatoms. The first kappa shape index (κ1) is 39.4. The van der Waals surface area contributed by atoms with Gasteiger partial charge in [0.05, 0.1) is 22.1 Å². The van der Waals surface area contributed by atoms with Gasteiger partial charge in [0.15, 0.2) is 0 Å². The van der Waals surface area contributed by atoms with E-state index in [1.54, 1.807) is 0 Å². The zero-order valence-corrected chi connectivity index (χ0v) is 37.3. The van der Waals surface area contributed by atoms with Crippen LogP contribution in [0.15, 0.2) is 267 Å². The van der Waals surface area contributed by atoms with Crippen molar-refractivity contribution in [1.82, 2.24) is 9.13 Å². The second-order valence-electron chi connectivity index (χ2n) is 17.7. The Hall–Kier alpha value is -8.98. The van der Waals surface area contributed by atoms with E-state index in [4.69, 9.17) is 0 Å². The number of nitrogens with zero attached hydrogens (tertiary/aromatic N) is 2. The van der Waals surface area contributed by atoms with Crippen LogP contribution in [0, 0.1) is 0 Å². The lowest BCUT2D eigenvalue weighted by Gasteiger charge is -2.15. The molecule has 318 valence electrons. The van der Waals surface area contributed by atoms with E-state index >= 15 is 0 Å². The molecule has 11 aromatic carbocycles. The van der Waals surface area contributed by atoms with Crippen LogP contribution in [0.3, 0.4) is 0 Å². The summed E-state index contributed by atoms with van der Waals surface area (Å²) < 4.78 is 4.88. The van der Waals surface area contributed by atoms with Crippen LogP contribution in [0.1, 0.15) is 0 Å². The molecule has 0 saturated carbocycles. The summed E-state index contributed by atoms with van der Waals surface area (Å²) in [5.41, 5.74) is 21.3. The molecule has 0 unspecified atom stereocenters. The predicted molar refractivity (Wildman–Crippen MR) is 288 cm³/mol. The monoisotopic (exact) mass is 864 g/mol. The molecule has 0 atom stereocenters. The van der Waals surface area contributed by atoms with Gasteiger partial charge in [-0.2, -0.15) is 0 Å². The third-order valence-corrected chi connectivity index (χ3v) is 13.7. The van der Waals surface area contributed by atoms with E-state index in [1.165, 1.54) is 110 Å². The van der Waals surface area contributed by atoms with E-state index in [9.17, 15) is 0 Å². The molecular weight excluding hydrogens is 821 g/mol. The first-order valence-corrected chi connectivity index (χ1v) is 23.4. The van der Waals surface area contributed by atoms with Crippen molar-refractivity contribution in [1.29, 1.82) is 0 Å². The van der Waals surface area contributed by atoms with Crippen molar-refractivity contribution in [3.05, 3.63) is 267 Å². The largest absolute Gasteiger partial charge is 0.309 e. The average molecular weight is 865 g/mol. The second kappa shape index (κ2) is 16.5. The van der Waals surface area contributed by atoms with Crippen molar-refractivity contribution in [2.24, 2.45) is 0 Å². The van der Waals surface area contributed by atoms with E-state index in [0.717, 1.165) is 11.4 Å². The Bertz CT molecular complexity index is 3790. The highest BCUT2D eigenvalue weighted by Gasteiger charge is 2.21. The molecule has 0 saturated heterocycles. The minimum atomic E-state index is 1.14. The summed E-state index contributed by atoms with van der Waals surface area (Å²) in [5.74, 6) is 0. The molecule has 0 N–H and O–H groups in total.